The number of aliphatic hydroxyl groups excluding tert-OH is 1. The van der Waals surface area contributed by atoms with Crippen molar-refractivity contribution in [1.29, 1.82) is 0 Å². The summed E-state index contributed by atoms with van der Waals surface area (Å²) in [7, 11) is 0. The molecule has 0 saturated carbocycles. The lowest BCUT2D eigenvalue weighted by Crippen LogP contribution is -2.37. The molecule has 0 aliphatic carbocycles. The number of nitrogens with zero attached hydrogens (tertiary/aromatic N) is 1. The average Bonchev–Trinajstić information content (AvgIpc) is 2.54. The van der Waals surface area contributed by atoms with E-state index in [0.29, 0.717) is 19.6 Å². The first kappa shape index (κ1) is 16.8. The minimum absolute atomic E-state index is 0.0324. The molecular weight excluding hydrogens is 280 g/mol. The third kappa shape index (κ3) is 6.45. The van der Waals surface area contributed by atoms with E-state index in [1.807, 2.05) is 30.3 Å². The lowest BCUT2D eigenvalue weighted by Gasteiger charge is -2.29. The van der Waals surface area contributed by atoms with E-state index in [-0.39, 0.29) is 12.0 Å². The molecule has 1 saturated heterocycles. The van der Waals surface area contributed by atoms with Gasteiger partial charge in [-0.2, -0.15) is 0 Å². The maximum Gasteiger partial charge on any atom is 0.223 e. The number of hydrogen-bond acceptors (Lipinski definition) is 4. The largest absolute Gasteiger partial charge is 0.493 e. The predicted molar refractivity (Wildman–Crippen MR) is 85.9 cm³/mol. The molecule has 1 fully saturated rings. The molecule has 1 aliphatic rings. The van der Waals surface area contributed by atoms with Crippen LogP contribution in [0, 0.1) is 0 Å². The monoisotopic (exact) mass is 306 g/mol. The van der Waals surface area contributed by atoms with Gasteiger partial charge >= 0.3 is 0 Å². The van der Waals surface area contributed by atoms with Crippen LogP contribution in [-0.4, -0.2) is 54.8 Å². The van der Waals surface area contributed by atoms with Crippen LogP contribution in [0.3, 0.4) is 0 Å². The van der Waals surface area contributed by atoms with Crippen LogP contribution < -0.4 is 10.1 Å². The zero-order valence-electron chi connectivity index (χ0n) is 13.0. The number of benzene rings is 1. The number of amides is 1. The van der Waals surface area contributed by atoms with Crippen molar-refractivity contribution >= 4 is 5.91 Å². The highest BCUT2D eigenvalue weighted by molar-refractivity contribution is 5.75. The molecule has 1 amide bonds. The van der Waals surface area contributed by atoms with E-state index in [4.69, 9.17) is 4.74 Å². The van der Waals surface area contributed by atoms with E-state index in [1.165, 1.54) is 0 Å². The molecule has 0 bridgehead atoms. The van der Waals surface area contributed by atoms with Crippen LogP contribution in [0.1, 0.15) is 25.7 Å². The molecule has 0 spiro atoms. The second kappa shape index (κ2) is 9.43. The van der Waals surface area contributed by atoms with Crippen LogP contribution in [0.15, 0.2) is 30.3 Å². The molecule has 1 heterocycles. The summed E-state index contributed by atoms with van der Waals surface area (Å²) >= 11 is 0. The number of hydrogen-bond donors (Lipinski definition) is 2. The van der Waals surface area contributed by atoms with Crippen LogP contribution in [0.4, 0.5) is 0 Å². The van der Waals surface area contributed by atoms with Gasteiger partial charge in [-0.05, 0) is 37.9 Å². The SMILES string of the molecule is O=C(CCOc1ccccc1)NCCCN1CCC(O)CC1. The summed E-state index contributed by atoms with van der Waals surface area (Å²) in [6, 6.07) is 9.52. The standard InChI is InChI=1S/C17H26N2O3/c20-15-7-12-19(13-8-15)11-4-10-18-17(21)9-14-22-16-5-2-1-3-6-16/h1-3,5-6,15,20H,4,7-14H2,(H,18,21). The van der Waals surface area contributed by atoms with Gasteiger partial charge in [0.05, 0.1) is 19.1 Å². The highest BCUT2D eigenvalue weighted by Crippen LogP contribution is 2.10. The summed E-state index contributed by atoms with van der Waals surface area (Å²) < 4.78 is 5.50. The van der Waals surface area contributed by atoms with Crippen molar-refractivity contribution in [3.8, 4) is 5.75 Å². The van der Waals surface area contributed by atoms with E-state index < -0.39 is 0 Å². The number of para-hydroxylation sites is 1. The molecule has 5 nitrogen and oxygen atoms in total. The average molecular weight is 306 g/mol. The quantitative estimate of drug-likeness (QED) is 0.713. The molecule has 22 heavy (non-hydrogen) atoms. The van der Waals surface area contributed by atoms with E-state index in [9.17, 15) is 9.90 Å². The lowest BCUT2D eigenvalue weighted by atomic mass is 10.1. The number of rotatable bonds is 8. The number of carbonyl (C=O) groups excluding carboxylic acids is 1. The zero-order chi connectivity index (χ0) is 15.6. The van der Waals surface area contributed by atoms with Gasteiger partial charge in [-0.15, -0.1) is 0 Å². The fourth-order valence-corrected chi connectivity index (χ4v) is 2.54. The second-order valence-corrected chi connectivity index (χ2v) is 5.69. The molecule has 0 radical (unpaired) electrons. The van der Waals surface area contributed by atoms with Gasteiger partial charge in [0, 0.05) is 19.6 Å². The first-order valence-corrected chi connectivity index (χ1v) is 8.09. The van der Waals surface area contributed by atoms with Crippen LogP contribution in [0.5, 0.6) is 5.75 Å². The topological polar surface area (TPSA) is 61.8 Å². The predicted octanol–water partition coefficient (Wildman–Crippen LogP) is 1.42. The fourth-order valence-electron chi connectivity index (χ4n) is 2.54. The highest BCUT2D eigenvalue weighted by Gasteiger charge is 2.16. The van der Waals surface area contributed by atoms with E-state index in [2.05, 4.69) is 10.2 Å². The Balaban J connectivity index is 1.47. The van der Waals surface area contributed by atoms with Crippen molar-refractivity contribution in [2.75, 3.05) is 32.8 Å². The lowest BCUT2D eigenvalue weighted by molar-refractivity contribution is -0.121. The van der Waals surface area contributed by atoms with Crippen LogP contribution in [-0.2, 0) is 4.79 Å². The van der Waals surface area contributed by atoms with E-state index in [1.54, 1.807) is 0 Å². The van der Waals surface area contributed by atoms with Gasteiger partial charge in [-0.25, -0.2) is 0 Å². The molecule has 1 aromatic rings. The number of piperidine rings is 1. The number of likely N-dealkylation sites (tertiary alicyclic amines) is 1. The van der Waals surface area contributed by atoms with Gasteiger partial charge < -0.3 is 20.1 Å². The summed E-state index contributed by atoms with van der Waals surface area (Å²) in [6.45, 7) is 4.00. The third-order valence-corrected chi connectivity index (χ3v) is 3.87. The van der Waals surface area contributed by atoms with Crippen molar-refractivity contribution in [3.05, 3.63) is 30.3 Å². The van der Waals surface area contributed by atoms with Gasteiger partial charge in [0.1, 0.15) is 5.75 Å². The zero-order valence-corrected chi connectivity index (χ0v) is 13.0. The Kier molecular flexibility index (Phi) is 7.19. The normalized spacial score (nSPS) is 16.4. The van der Waals surface area contributed by atoms with Gasteiger partial charge in [0.2, 0.25) is 5.91 Å². The number of nitrogens with one attached hydrogen (secondary N) is 1. The molecule has 1 aromatic carbocycles. The van der Waals surface area contributed by atoms with Crippen LogP contribution >= 0.6 is 0 Å². The first-order chi connectivity index (χ1) is 10.7. The Morgan fingerprint density at radius 2 is 2.00 bits per heavy atom. The van der Waals surface area contributed by atoms with Crippen molar-refractivity contribution in [2.45, 2.75) is 31.8 Å². The molecule has 5 heteroatoms. The first-order valence-electron chi connectivity index (χ1n) is 8.09. The molecule has 2 N–H and O–H groups in total. The van der Waals surface area contributed by atoms with Crippen molar-refractivity contribution in [1.82, 2.24) is 10.2 Å². The van der Waals surface area contributed by atoms with E-state index in [0.717, 1.165) is 44.6 Å². The maximum absolute atomic E-state index is 11.7. The van der Waals surface area contributed by atoms with Gasteiger partial charge in [0.25, 0.3) is 0 Å². The van der Waals surface area contributed by atoms with Gasteiger partial charge in [0.15, 0.2) is 0 Å². The Morgan fingerprint density at radius 3 is 2.73 bits per heavy atom. The Labute approximate surface area is 132 Å². The van der Waals surface area contributed by atoms with E-state index >= 15 is 0 Å². The number of ether oxygens (including phenoxy) is 1. The molecule has 0 atom stereocenters. The Hall–Kier alpha value is -1.59. The minimum atomic E-state index is -0.124. The molecule has 2 rings (SSSR count). The maximum atomic E-state index is 11.7. The van der Waals surface area contributed by atoms with Gasteiger partial charge in [-0.3, -0.25) is 4.79 Å². The Bertz CT molecular complexity index is 431. The Morgan fingerprint density at radius 1 is 1.27 bits per heavy atom. The minimum Gasteiger partial charge on any atom is -0.493 e. The molecular formula is C17H26N2O3. The van der Waals surface area contributed by atoms with Crippen LogP contribution in [0.25, 0.3) is 0 Å². The number of carbonyl (C=O) groups is 1. The van der Waals surface area contributed by atoms with Crippen molar-refractivity contribution in [2.24, 2.45) is 0 Å². The van der Waals surface area contributed by atoms with Crippen molar-refractivity contribution in [3.63, 3.8) is 0 Å². The molecule has 0 aromatic heterocycles. The smallest absolute Gasteiger partial charge is 0.223 e. The third-order valence-electron chi connectivity index (χ3n) is 3.87. The summed E-state index contributed by atoms with van der Waals surface area (Å²) in [4.78, 5) is 14.0. The summed E-state index contributed by atoms with van der Waals surface area (Å²) in [5.41, 5.74) is 0. The summed E-state index contributed by atoms with van der Waals surface area (Å²) in [5.74, 6) is 0.826. The van der Waals surface area contributed by atoms with Gasteiger partial charge in [-0.1, -0.05) is 18.2 Å². The number of aliphatic hydroxyl groups is 1. The summed E-state index contributed by atoms with van der Waals surface area (Å²) in [6.07, 6.45) is 2.93. The molecule has 1 aliphatic heterocycles. The highest BCUT2D eigenvalue weighted by atomic mass is 16.5. The fraction of sp³-hybridized carbons (Fsp3) is 0.588. The molecule has 0 unspecified atom stereocenters. The van der Waals surface area contributed by atoms with Crippen molar-refractivity contribution < 1.29 is 14.6 Å². The summed E-state index contributed by atoms with van der Waals surface area (Å²) in [5, 5.41) is 12.4. The molecule has 122 valence electrons. The second-order valence-electron chi connectivity index (χ2n) is 5.69. The van der Waals surface area contributed by atoms with Crippen LogP contribution in [0.2, 0.25) is 0 Å².